The molecule has 0 aliphatic rings. The van der Waals surface area contributed by atoms with E-state index < -0.39 is 11.5 Å². The van der Waals surface area contributed by atoms with Crippen molar-refractivity contribution in [3.63, 3.8) is 0 Å². The average molecular weight is 233 g/mol. The fraction of sp³-hybridized carbons (Fsp3) is 0.167. The predicted octanol–water partition coefficient (Wildman–Crippen LogP) is 1.18. The van der Waals surface area contributed by atoms with Crippen molar-refractivity contribution in [2.24, 2.45) is 0 Å². The molecule has 17 heavy (non-hydrogen) atoms. The summed E-state index contributed by atoms with van der Waals surface area (Å²) < 4.78 is 6.06. The molecule has 0 saturated heterocycles. The van der Waals surface area contributed by atoms with Crippen molar-refractivity contribution in [1.82, 2.24) is 4.40 Å². The van der Waals surface area contributed by atoms with Gasteiger partial charge >= 0.3 is 5.97 Å². The van der Waals surface area contributed by atoms with Gasteiger partial charge in [-0.3, -0.25) is 9.20 Å². The third kappa shape index (κ3) is 1.99. The molecule has 0 bridgehead atoms. The summed E-state index contributed by atoms with van der Waals surface area (Å²) in [7, 11) is 0. The molecule has 2 aromatic heterocycles. The van der Waals surface area contributed by atoms with Crippen LogP contribution in [0.2, 0.25) is 0 Å². The second-order valence-corrected chi connectivity index (χ2v) is 3.45. The lowest BCUT2D eigenvalue weighted by Gasteiger charge is -2.04. The van der Waals surface area contributed by atoms with Crippen LogP contribution in [0, 0.1) is 0 Å². The van der Waals surface area contributed by atoms with E-state index in [0.29, 0.717) is 5.52 Å². The first-order valence-electron chi connectivity index (χ1n) is 5.15. The number of aromatic nitrogens is 1. The molecule has 1 N–H and O–H groups in total. The number of esters is 1. The first-order valence-corrected chi connectivity index (χ1v) is 5.15. The predicted molar refractivity (Wildman–Crippen MR) is 61.3 cm³/mol. The normalized spacial score (nSPS) is 10.4. The van der Waals surface area contributed by atoms with E-state index in [1.807, 2.05) is 0 Å². The van der Waals surface area contributed by atoms with Gasteiger partial charge in [0.25, 0.3) is 5.56 Å². The van der Waals surface area contributed by atoms with Gasteiger partial charge in [-0.1, -0.05) is 0 Å². The number of hydrogen-bond acceptors (Lipinski definition) is 4. The van der Waals surface area contributed by atoms with Gasteiger partial charge in [-0.05, 0) is 25.1 Å². The molecule has 0 unspecified atom stereocenters. The Morgan fingerprint density at radius 3 is 2.88 bits per heavy atom. The van der Waals surface area contributed by atoms with E-state index in [-0.39, 0.29) is 17.9 Å². The van der Waals surface area contributed by atoms with Crippen LogP contribution in [0.4, 0.5) is 0 Å². The molecule has 0 aliphatic carbocycles. The summed E-state index contributed by atoms with van der Waals surface area (Å²) in [6.07, 6.45) is 1.41. The molecule has 0 radical (unpaired) electrons. The van der Waals surface area contributed by atoms with Crippen LogP contribution < -0.4 is 5.56 Å². The molecule has 0 fully saturated rings. The van der Waals surface area contributed by atoms with Crippen LogP contribution in [0.3, 0.4) is 0 Å². The fourth-order valence-corrected chi connectivity index (χ4v) is 1.55. The van der Waals surface area contributed by atoms with Gasteiger partial charge in [0.2, 0.25) is 0 Å². The van der Waals surface area contributed by atoms with Crippen LogP contribution in [0.5, 0.6) is 5.75 Å². The van der Waals surface area contributed by atoms with E-state index in [4.69, 9.17) is 4.74 Å². The van der Waals surface area contributed by atoms with Crippen molar-refractivity contribution in [3.05, 3.63) is 46.4 Å². The van der Waals surface area contributed by atoms with Gasteiger partial charge in [0, 0.05) is 12.3 Å². The molecule has 5 heteroatoms. The number of carbonyl (C=O) groups is 1. The van der Waals surface area contributed by atoms with Crippen molar-refractivity contribution in [2.45, 2.75) is 6.92 Å². The summed E-state index contributed by atoms with van der Waals surface area (Å²) in [4.78, 5) is 23.4. The van der Waals surface area contributed by atoms with Crippen molar-refractivity contribution in [1.29, 1.82) is 0 Å². The smallest absolute Gasteiger partial charge is 0.343 e. The second-order valence-electron chi connectivity index (χ2n) is 3.45. The number of carbonyl (C=O) groups excluding carboxylic acids is 1. The number of hydrogen-bond donors (Lipinski definition) is 1. The van der Waals surface area contributed by atoms with E-state index in [2.05, 4.69) is 0 Å². The minimum atomic E-state index is -0.639. The Bertz CT molecular complexity index is 630. The molecule has 5 nitrogen and oxygen atoms in total. The van der Waals surface area contributed by atoms with Gasteiger partial charge in [0.15, 0.2) is 0 Å². The van der Waals surface area contributed by atoms with Crippen molar-refractivity contribution in [2.75, 3.05) is 6.61 Å². The lowest BCUT2D eigenvalue weighted by molar-refractivity contribution is 0.0524. The van der Waals surface area contributed by atoms with E-state index in [1.54, 1.807) is 13.0 Å². The van der Waals surface area contributed by atoms with Crippen molar-refractivity contribution >= 4 is 11.5 Å². The lowest BCUT2D eigenvalue weighted by atomic mass is 10.2. The highest BCUT2D eigenvalue weighted by Gasteiger charge is 2.12. The van der Waals surface area contributed by atoms with E-state index in [1.165, 1.54) is 28.8 Å². The minimum absolute atomic E-state index is 0.0185. The van der Waals surface area contributed by atoms with E-state index >= 15 is 0 Å². The van der Waals surface area contributed by atoms with Gasteiger partial charge in [-0.2, -0.15) is 0 Å². The first-order chi connectivity index (χ1) is 8.13. The second kappa shape index (κ2) is 4.29. The molecule has 0 amide bonds. The number of fused-ring (bicyclic) bond motifs is 1. The van der Waals surface area contributed by atoms with Gasteiger partial charge in [0.1, 0.15) is 11.3 Å². The highest BCUT2D eigenvalue weighted by Crippen LogP contribution is 2.11. The number of aromatic hydroxyl groups is 1. The summed E-state index contributed by atoms with van der Waals surface area (Å²) in [5, 5.41) is 9.28. The summed E-state index contributed by atoms with van der Waals surface area (Å²) >= 11 is 0. The Labute approximate surface area is 96.9 Å². The van der Waals surface area contributed by atoms with Crippen molar-refractivity contribution < 1.29 is 14.6 Å². The van der Waals surface area contributed by atoms with Crippen LogP contribution in [0.25, 0.3) is 5.52 Å². The summed E-state index contributed by atoms with van der Waals surface area (Å²) in [5.41, 5.74) is 0.0408. The Balaban J connectivity index is 2.62. The number of nitrogens with zero attached hydrogens (tertiary/aromatic N) is 1. The van der Waals surface area contributed by atoms with Crippen LogP contribution in [-0.2, 0) is 4.74 Å². The zero-order valence-corrected chi connectivity index (χ0v) is 9.21. The topological polar surface area (TPSA) is 68.0 Å². The molecule has 0 atom stereocenters. The number of pyridine rings is 2. The Morgan fingerprint density at radius 1 is 1.41 bits per heavy atom. The molecule has 88 valence electrons. The van der Waals surface area contributed by atoms with Crippen LogP contribution in [0.1, 0.15) is 17.3 Å². The highest BCUT2D eigenvalue weighted by atomic mass is 16.5. The van der Waals surface area contributed by atoms with Crippen molar-refractivity contribution in [3.8, 4) is 5.75 Å². The van der Waals surface area contributed by atoms with Crippen LogP contribution in [-0.4, -0.2) is 22.1 Å². The number of rotatable bonds is 2. The quantitative estimate of drug-likeness (QED) is 0.791. The van der Waals surface area contributed by atoms with Gasteiger partial charge in [-0.15, -0.1) is 0 Å². The van der Waals surface area contributed by atoms with Crippen LogP contribution >= 0.6 is 0 Å². The first kappa shape index (κ1) is 11.2. The monoisotopic (exact) mass is 233 g/mol. The molecule has 0 aromatic carbocycles. The third-order valence-corrected chi connectivity index (χ3v) is 2.33. The molecule has 0 spiro atoms. The van der Waals surface area contributed by atoms with E-state index in [9.17, 15) is 14.7 Å². The largest absolute Gasteiger partial charge is 0.508 e. The molecule has 0 saturated carbocycles. The average Bonchev–Trinajstić information content (AvgIpc) is 2.29. The Kier molecular flexibility index (Phi) is 2.82. The Hall–Kier alpha value is -2.30. The summed E-state index contributed by atoms with van der Waals surface area (Å²) in [6, 6.07) is 5.79. The molecule has 2 heterocycles. The van der Waals surface area contributed by atoms with Gasteiger partial charge < -0.3 is 9.84 Å². The zero-order chi connectivity index (χ0) is 12.4. The summed E-state index contributed by atoms with van der Waals surface area (Å²) in [6.45, 7) is 1.89. The molecular weight excluding hydrogens is 222 g/mol. The van der Waals surface area contributed by atoms with E-state index in [0.717, 1.165) is 0 Å². The molecule has 0 aliphatic heterocycles. The lowest BCUT2D eigenvalue weighted by Crippen LogP contribution is -2.22. The third-order valence-electron chi connectivity index (χ3n) is 2.33. The minimum Gasteiger partial charge on any atom is -0.508 e. The standard InChI is InChI=1S/C12H11NO4/c1-2-17-12(16)10-4-3-8-7-9(14)5-6-13(8)11(10)15/h3-7,14H,2H2,1H3. The van der Waals surface area contributed by atoms with Crippen LogP contribution in [0.15, 0.2) is 35.3 Å². The van der Waals surface area contributed by atoms with Gasteiger partial charge in [-0.25, -0.2) is 4.79 Å². The van der Waals surface area contributed by atoms with Gasteiger partial charge in [0.05, 0.1) is 12.1 Å². The molecule has 2 rings (SSSR count). The fourth-order valence-electron chi connectivity index (χ4n) is 1.55. The Morgan fingerprint density at radius 2 is 2.18 bits per heavy atom. The summed E-state index contributed by atoms with van der Waals surface area (Å²) in [5.74, 6) is -0.576. The molecule has 2 aromatic rings. The maximum Gasteiger partial charge on any atom is 0.343 e. The maximum absolute atomic E-state index is 11.9. The zero-order valence-electron chi connectivity index (χ0n) is 9.21. The number of ether oxygens (including phenoxy) is 1. The molecular formula is C12H11NO4. The SMILES string of the molecule is CCOC(=O)c1ccc2cc(O)ccn2c1=O. The highest BCUT2D eigenvalue weighted by molar-refractivity contribution is 5.89. The maximum atomic E-state index is 11.9.